The molecular weight excluding hydrogens is 272 g/mol. The third-order valence-corrected chi connectivity index (χ3v) is 3.70. The average Bonchev–Trinajstić information content (AvgIpc) is 2.89. The summed E-state index contributed by atoms with van der Waals surface area (Å²) in [5.74, 6) is 0.408. The highest BCUT2D eigenvalue weighted by Gasteiger charge is 2.05. The molecule has 1 aromatic heterocycles. The van der Waals surface area contributed by atoms with Crippen molar-refractivity contribution in [2.75, 3.05) is 6.61 Å². The van der Waals surface area contributed by atoms with Gasteiger partial charge in [0.15, 0.2) is 6.61 Å². The zero-order valence-electron chi connectivity index (χ0n) is 11.1. The molecule has 2 rings (SSSR count). The Bertz CT molecular complexity index is 626. The fourth-order valence-electron chi connectivity index (χ4n) is 1.59. The minimum Gasteiger partial charge on any atom is -0.484 e. The quantitative estimate of drug-likeness (QED) is 0.919. The summed E-state index contributed by atoms with van der Waals surface area (Å²) in [7, 11) is 0. The molecule has 20 heavy (non-hydrogen) atoms. The number of nitriles is 1. The second-order valence-corrected chi connectivity index (χ2v) is 5.03. The van der Waals surface area contributed by atoms with E-state index in [-0.39, 0.29) is 12.5 Å². The van der Waals surface area contributed by atoms with E-state index >= 15 is 0 Å². The molecule has 102 valence electrons. The SMILES string of the molecule is Cc1cscc1CNC(=O)COc1ccc(C#N)cc1. The van der Waals surface area contributed by atoms with Crippen LogP contribution in [0, 0.1) is 18.3 Å². The van der Waals surface area contributed by atoms with Gasteiger partial charge in [-0.25, -0.2) is 0 Å². The summed E-state index contributed by atoms with van der Waals surface area (Å²) in [6.45, 7) is 2.51. The van der Waals surface area contributed by atoms with Crippen molar-refractivity contribution in [2.24, 2.45) is 0 Å². The van der Waals surface area contributed by atoms with Gasteiger partial charge in [0.1, 0.15) is 5.75 Å². The number of aryl methyl sites for hydroxylation is 1. The average molecular weight is 286 g/mol. The van der Waals surface area contributed by atoms with Gasteiger partial charge in [-0.05, 0) is 53.1 Å². The van der Waals surface area contributed by atoms with Crippen LogP contribution in [0.25, 0.3) is 0 Å². The van der Waals surface area contributed by atoms with E-state index in [1.807, 2.05) is 18.4 Å². The Morgan fingerprint density at radius 1 is 1.35 bits per heavy atom. The van der Waals surface area contributed by atoms with E-state index in [1.54, 1.807) is 35.6 Å². The Morgan fingerprint density at radius 2 is 2.10 bits per heavy atom. The van der Waals surface area contributed by atoms with Crippen molar-refractivity contribution in [2.45, 2.75) is 13.5 Å². The lowest BCUT2D eigenvalue weighted by molar-refractivity contribution is -0.123. The van der Waals surface area contributed by atoms with E-state index < -0.39 is 0 Å². The van der Waals surface area contributed by atoms with Crippen molar-refractivity contribution in [3.63, 3.8) is 0 Å². The number of carbonyl (C=O) groups excluding carboxylic acids is 1. The van der Waals surface area contributed by atoms with Gasteiger partial charge in [0, 0.05) is 6.54 Å². The predicted molar refractivity (Wildman–Crippen MR) is 77.6 cm³/mol. The molecule has 0 spiro atoms. The predicted octanol–water partition coefficient (Wildman–Crippen LogP) is 2.62. The van der Waals surface area contributed by atoms with Crippen LogP contribution < -0.4 is 10.1 Å². The Morgan fingerprint density at radius 3 is 2.70 bits per heavy atom. The second-order valence-electron chi connectivity index (χ2n) is 4.28. The van der Waals surface area contributed by atoms with Crippen LogP contribution in [0.3, 0.4) is 0 Å². The van der Waals surface area contributed by atoms with Crippen molar-refractivity contribution in [1.82, 2.24) is 5.32 Å². The molecule has 2 aromatic rings. The zero-order chi connectivity index (χ0) is 14.4. The Kier molecular flexibility index (Phi) is 4.75. The minimum absolute atomic E-state index is 0.0327. The van der Waals surface area contributed by atoms with Crippen LogP contribution in [-0.2, 0) is 11.3 Å². The largest absolute Gasteiger partial charge is 0.484 e. The van der Waals surface area contributed by atoms with Crippen molar-refractivity contribution < 1.29 is 9.53 Å². The molecule has 0 aliphatic heterocycles. The number of nitrogens with one attached hydrogen (secondary N) is 1. The van der Waals surface area contributed by atoms with Crippen molar-refractivity contribution in [3.8, 4) is 11.8 Å². The lowest BCUT2D eigenvalue weighted by Gasteiger charge is -2.07. The number of thiophene rings is 1. The van der Waals surface area contributed by atoms with Gasteiger partial charge in [0.05, 0.1) is 11.6 Å². The molecular formula is C15H14N2O2S. The lowest BCUT2D eigenvalue weighted by Crippen LogP contribution is -2.28. The molecule has 1 amide bonds. The van der Waals surface area contributed by atoms with E-state index in [9.17, 15) is 4.79 Å². The van der Waals surface area contributed by atoms with Gasteiger partial charge < -0.3 is 10.1 Å². The summed E-state index contributed by atoms with van der Waals surface area (Å²) >= 11 is 1.62. The van der Waals surface area contributed by atoms with Gasteiger partial charge in [-0.3, -0.25) is 4.79 Å². The molecule has 5 heteroatoms. The number of ether oxygens (including phenoxy) is 1. The van der Waals surface area contributed by atoms with Gasteiger partial charge in [0.2, 0.25) is 0 Å². The van der Waals surface area contributed by atoms with Gasteiger partial charge in [-0.2, -0.15) is 16.6 Å². The summed E-state index contributed by atoms with van der Waals surface area (Å²) in [6, 6.07) is 8.69. The lowest BCUT2D eigenvalue weighted by atomic mass is 10.2. The zero-order valence-corrected chi connectivity index (χ0v) is 11.9. The molecule has 0 aliphatic rings. The standard InChI is InChI=1S/C15H14N2O2S/c1-11-9-20-10-13(11)7-17-15(18)8-19-14-4-2-12(6-16)3-5-14/h2-5,9-10H,7-8H2,1H3,(H,17,18). The van der Waals surface area contributed by atoms with Crippen LogP contribution in [-0.4, -0.2) is 12.5 Å². The van der Waals surface area contributed by atoms with Crippen molar-refractivity contribution in [3.05, 3.63) is 51.7 Å². The number of hydrogen-bond acceptors (Lipinski definition) is 4. The van der Waals surface area contributed by atoms with Crippen LogP contribution in [0.4, 0.5) is 0 Å². The Hall–Kier alpha value is -2.32. The molecule has 1 aromatic carbocycles. The number of nitrogens with zero attached hydrogens (tertiary/aromatic N) is 1. The van der Waals surface area contributed by atoms with E-state index in [1.165, 1.54) is 5.56 Å². The number of carbonyl (C=O) groups is 1. The molecule has 0 bridgehead atoms. The first-order chi connectivity index (χ1) is 9.69. The fraction of sp³-hybridized carbons (Fsp3) is 0.200. The van der Waals surface area contributed by atoms with Crippen molar-refractivity contribution in [1.29, 1.82) is 5.26 Å². The van der Waals surface area contributed by atoms with E-state index in [4.69, 9.17) is 10.00 Å². The third-order valence-electron chi connectivity index (χ3n) is 2.79. The molecule has 0 saturated carbocycles. The fourth-order valence-corrected chi connectivity index (χ4v) is 2.44. The summed E-state index contributed by atoms with van der Waals surface area (Å²) in [5, 5.41) is 15.6. The molecule has 0 radical (unpaired) electrons. The Balaban J connectivity index is 1.77. The number of rotatable bonds is 5. The maximum absolute atomic E-state index is 11.7. The van der Waals surface area contributed by atoms with Crippen LogP contribution in [0.15, 0.2) is 35.0 Å². The molecule has 0 atom stereocenters. The van der Waals surface area contributed by atoms with Crippen LogP contribution in [0.1, 0.15) is 16.7 Å². The normalized spacial score (nSPS) is 9.80. The highest BCUT2D eigenvalue weighted by atomic mass is 32.1. The van der Waals surface area contributed by atoms with Crippen molar-refractivity contribution >= 4 is 17.2 Å². The third kappa shape index (κ3) is 3.84. The maximum Gasteiger partial charge on any atom is 0.258 e. The smallest absolute Gasteiger partial charge is 0.258 e. The molecule has 1 heterocycles. The maximum atomic E-state index is 11.7. The van der Waals surface area contributed by atoms with Crippen LogP contribution in [0.2, 0.25) is 0 Å². The molecule has 0 aliphatic carbocycles. The van der Waals surface area contributed by atoms with Gasteiger partial charge in [-0.1, -0.05) is 0 Å². The van der Waals surface area contributed by atoms with Gasteiger partial charge in [-0.15, -0.1) is 0 Å². The van der Waals surface area contributed by atoms with Gasteiger partial charge >= 0.3 is 0 Å². The van der Waals surface area contributed by atoms with Crippen LogP contribution >= 0.6 is 11.3 Å². The first-order valence-electron chi connectivity index (χ1n) is 6.10. The monoisotopic (exact) mass is 286 g/mol. The first-order valence-corrected chi connectivity index (χ1v) is 7.04. The second kappa shape index (κ2) is 6.73. The summed E-state index contributed by atoms with van der Waals surface area (Å²) in [5.41, 5.74) is 2.87. The molecule has 0 fully saturated rings. The van der Waals surface area contributed by atoms with E-state index in [0.717, 1.165) is 5.56 Å². The summed E-state index contributed by atoms with van der Waals surface area (Å²) in [4.78, 5) is 11.7. The number of hydrogen-bond donors (Lipinski definition) is 1. The number of amides is 1. The topological polar surface area (TPSA) is 62.1 Å². The molecule has 4 nitrogen and oxygen atoms in total. The minimum atomic E-state index is -0.167. The first kappa shape index (κ1) is 14.1. The Labute approximate surface area is 121 Å². The van der Waals surface area contributed by atoms with Gasteiger partial charge in [0.25, 0.3) is 5.91 Å². The molecule has 0 unspecified atom stereocenters. The summed E-state index contributed by atoms with van der Waals surface area (Å²) < 4.78 is 5.35. The number of benzene rings is 1. The highest BCUT2D eigenvalue weighted by molar-refractivity contribution is 7.08. The molecule has 0 saturated heterocycles. The highest BCUT2D eigenvalue weighted by Crippen LogP contribution is 2.13. The molecule has 1 N–H and O–H groups in total. The summed E-state index contributed by atoms with van der Waals surface area (Å²) in [6.07, 6.45) is 0. The van der Waals surface area contributed by atoms with E-state index in [2.05, 4.69) is 10.7 Å². The van der Waals surface area contributed by atoms with E-state index in [0.29, 0.717) is 17.9 Å². The van der Waals surface area contributed by atoms with Crippen LogP contribution in [0.5, 0.6) is 5.75 Å².